The number of aromatic amines is 2. The lowest BCUT2D eigenvalue weighted by molar-refractivity contribution is 0.542. The average Bonchev–Trinajstić information content (AvgIpc) is 2.87. The topological polar surface area (TPSA) is 61.5 Å². The minimum Gasteiger partial charge on any atom is -0.346 e. The van der Waals surface area contributed by atoms with Crippen molar-refractivity contribution in [1.82, 2.24) is 15.0 Å². The smallest absolute Gasteiger partial charge is 0.260 e. The number of nitrogens with zero attached hydrogens (tertiary/aromatic N) is 1. The molecule has 2 N–H and O–H groups in total. The van der Waals surface area contributed by atoms with Gasteiger partial charge in [0.15, 0.2) is 0 Å². The van der Waals surface area contributed by atoms with Gasteiger partial charge in [0.2, 0.25) is 0 Å². The summed E-state index contributed by atoms with van der Waals surface area (Å²) in [5.41, 5.74) is 1.88. The van der Waals surface area contributed by atoms with Gasteiger partial charge in [0, 0.05) is 6.20 Å². The molecule has 0 radical (unpaired) electrons. The van der Waals surface area contributed by atoms with Crippen molar-refractivity contribution in [3.63, 3.8) is 0 Å². The monoisotopic (exact) mass is 259 g/mol. The van der Waals surface area contributed by atoms with E-state index in [0.29, 0.717) is 5.92 Å². The third-order valence-electron chi connectivity index (χ3n) is 4.30. The second-order valence-corrected chi connectivity index (χ2v) is 5.59. The molecule has 0 unspecified atom stereocenters. The number of hydrogen-bond acceptors (Lipinski definition) is 2. The summed E-state index contributed by atoms with van der Waals surface area (Å²) in [6.45, 7) is 0. The Balaban J connectivity index is 1.95. The van der Waals surface area contributed by atoms with Crippen LogP contribution in [0.2, 0.25) is 0 Å². The van der Waals surface area contributed by atoms with Gasteiger partial charge in [0.25, 0.3) is 5.56 Å². The summed E-state index contributed by atoms with van der Waals surface area (Å²) < 4.78 is 0. The molecule has 1 aliphatic rings. The van der Waals surface area contributed by atoms with E-state index < -0.39 is 0 Å². The highest BCUT2D eigenvalue weighted by Crippen LogP contribution is 2.32. The third-order valence-corrected chi connectivity index (χ3v) is 4.30. The molecule has 2 aromatic heterocycles. The standard InChI is InChI=1S/C15H21N3O/c19-15-13-12(9-16-14(13)17-10-18-15)11-7-5-3-1-2-4-6-8-11/h9-11H,1-8H2,(H2,16,17,18,19). The molecule has 102 valence electrons. The van der Waals surface area contributed by atoms with Gasteiger partial charge in [-0.25, -0.2) is 4.98 Å². The van der Waals surface area contributed by atoms with E-state index >= 15 is 0 Å². The predicted molar refractivity (Wildman–Crippen MR) is 76.4 cm³/mol. The van der Waals surface area contributed by atoms with Gasteiger partial charge in [-0.3, -0.25) is 4.79 Å². The zero-order chi connectivity index (χ0) is 13.1. The van der Waals surface area contributed by atoms with Crippen molar-refractivity contribution in [2.24, 2.45) is 0 Å². The maximum absolute atomic E-state index is 12.0. The Morgan fingerprint density at radius 2 is 1.68 bits per heavy atom. The highest BCUT2D eigenvalue weighted by Gasteiger charge is 2.18. The van der Waals surface area contributed by atoms with E-state index in [1.54, 1.807) is 0 Å². The van der Waals surface area contributed by atoms with Gasteiger partial charge in [-0.2, -0.15) is 0 Å². The zero-order valence-corrected chi connectivity index (χ0v) is 11.2. The number of aromatic nitrogens is 3. The van der Waals surface area contributed by atoms with Crippen molar-refractivity contribution < 1.29 is 0 Å². The maximum atomic E-state index is 12.0. The van der Waals surface area contributed by atoms with E-state index in [0.717, 1.165) is 11.0 Å². The van der Waals surface area contributed by atoms with Gasteiger partial charge in [-0.1, -0.05) is 38.5 Å². The number of fused-ring (bicyclic) bond motifs is 1. The lowest BCUT2D eigenvalue weighted by Gasteiger charge is -2.14. The van der Waals surface area contributed by atoms with Crippen molar-refractivity contribution in [2.45, 2.75) is 57.3 Å². The summed E-state index contributed by atoms with van der Waals surface area (Å²) in [6.07, 6.45) is 13.8. The van der Waals surface area contributed by atoms with Gasteiger partial charge in [0.05, 0.1) is 11.7 Å². The molecule has 0 saturated heterocycles. The molecule has 0 spiro atoms. The Hall–Kier alpha value is -1.58. The molecule has 2 aromatic rings. The number of rotatable bonds is 1. The highest BCUT2D eigenvalue weighted by molar-refractivity contribution is 5.79. The quantitative estimate of drug-likeness (QED) is 0.823. The van der Waals surface area contributed by atoms with E-state index in [4.69, 9.17) is 0 Å². The molecule has 19 heavy (non-hydrogen) atoms. The molecule has 0 bridgehead atoms. The Morgan fingerprint density at radius 1 is 1.00 bits per heavy atom. The lowest BCUT2D eigenvalue weighted by Crippen LogP contribution is -2.09. The van der Waals surface area contributed by atoms with Crippen molar-refractivity contribution in [3.05, 3.63) is 28.4 Å². The molecule has 1 aliphatic carbocycles. The summed E-state index contributed by atoms with van der Waals surface area (Å²) in [4.78, 5) is 22.1. The molecule has 4 nitrogen and oxygen atoms in total. The molecule has 0 aromatic carbocycles. The van der Waals surface area contributed by atoms with E-state index in [9.17, 15) is 4.79 Å². The Labute approximate surface area is 112 Å². The summed E-state index contributed by atoms with van der Waals surface area (Å²) in [6, 6.07) is 0. The Bertz CT molecular complexity index is 589. The molecular weight excluding hydrogens is 238 g/mol. The lowest BCUT2D eigenvalue weighted by atomic mass is 9.90. The molecule has 0 aliphatic heterocycles. The maximum Gasteiger partial charge on any atom is 0.260 e. The van der Waals surface area contributed by atoms with Crippen LogP contribution in [0.4, 0.5) is 0 Å². The van der Waals surface area contributed by atoms with Crippen LogP contribution in [0, 0.1) is 0 Å². The number of hydrogen-bond donors (Lipinski definition) is 2. The van der Waals surface area contributed by atoms with Crippen LogP contribution in [0.5, 0.6) is 0 Å². The Kier molecular flexibility index (Phi) is 3.67. The second-order valence-electron chi connectivity index (χ2n) is 5.59. The SMILES string of the molecule is O=c1[nH]cnc2[nH]cc(C3CCCCCCCC3)c12. The first kappa shape index (κ1) is 12.5. The molecule has 1 fully saturated rings. The molecule has 1 saturated carbocycles. The van der Waals surface area contributed by atoms with Crippen LogP contribution in [-0.2, 0) is 0 Å². The largest absolute Gasteiger partial charge is 0.346 e. The first-order valence-corrected chi connectivity index (χ1v) is 7.41. The fourth-order valence-corrected chi connectivity index (χ4v) is 3.26. The molecular formula is C15H21N3O. The van der Waals surface area contributed by atoms with Crippen LogP contribution < -0.4 is 5.56 Å². The number of H-pyrrole nitrogens is 2. The summed E-state index contributed by atoms with van der Waals surface area (Å²) in [7, 11) is 0. The molecule has 3 rings (SSSR count). The van der Waals surface area contributed by atoms with Crippen LogP contribution in [0.1, 0.15) is 62.8 Å². The normalized spacial score (nSPS) is 18.9. The minimum atomic E-state index is -0.0129. The predicted octanol–water partition coefficient (Wildman–Crippen LogP) is 3.47. The molecule has 0 amide bonds. The van der Waals surface area contributed by atoms with Gasteiger partial charge in [-0.05, 0) is 24.3 Å². The van der Waals surface area contributed by atoms with Crippen LogP contribution in [-0.4, -0.2) is 15.0 Å². The van der Waals surface area contributed by atoms with E-state index in [1.807, 2.05) is 6.20 Å². The molecule has 4 heteroatoms. The molecule has 0 atom stereocenters. The van der Waals surface area contributed by atoms with Crippen molar-refractivity contribution in [3.8, 4) is 0 Å². The third kappa shape index (κ3) is 2.57. The van der Waals surface area contributed by atoms with Gasteiger partial charge in [0.1, 0.15) is 5.65 Å². The van der Waals surface area contributed by atoms with Gasteiger partial charge in [-0.15, -0.1) is 0 Å². The summed E-state index contributed by atoms with van der Waals surface area (Å²) in [5.74, 6) is 0.511. The average molecular weight is 259 g/mol. The van der Waals surface area contributed by atoms with E-state index in [1.165, 1.54) is 63.3 Å². The van der Waals surface area contributed by atoms with Gasteiger partial charge >= 0.3 is 0 Å². The molecule has 2 heterocycles. The van der Waals surface area contributed by atoms with Crippen LogP contribution in [0.3, 0.4) is 0 Å². The first-order valence-electron chi connectivity index (χ1n) is 7.41. The van der Waals surface area contributed by atoms with Crippen molar-refractivity contribution >= 4 is 11.0 Å². The minimum absolute atomic E-state index is 0.0129. The van der Waals surface area contributed by atoms with Crippen molar-refractivity contribution in [1.29, 1.82) is 0 Å². The van der Waals surface area contributed by atoms with Gasteiger partial charge < -0.3 is 9.97 Å². The first-order chi connectivity index (χ1) is 9.36. The second kappa shape index (κ2) is 5.59. The number of nitrogens with one attached hydrogen (secondary N) is 2. The van der Waals surface area contributed by atoms with E-state index in [2.05, 4.69) is 15.0 Å². The fraction of sp³-hybridized carbons (Fsp3) is 0.600. The van der Waals surface area contributed by atoms with E-state index in [-0.39, 0.29) is 5.56 Å². The highest BCUT2D eigenvalue weighted by atomic mass is 16.1. The van der Waals surface area contributed by atoms with Crippen molar-refractivity contribution in [2.75, 3.05) is 0 Å². The van der Waals surface area contributed by atoms with Crippen LogP contribution in [0.15, 0.2) is 17.3 Å². The zero-order valence-electron chi connectivity index (χ0n) is 11.2. The van der Waals surface area contributed by atoms with Crippen LogP contribution in [0.25, 0.3) is 11.0 Å². The summed E-state index contributed by atoms with van der Waals surface area (Å²) >= 11 is 0. The van der Waals surface area contributed by atoms with Crippen LogP contribution >= 0.6 is 0 Å². The Morgan fingerprint density at radius 3 is 2.42 bits per heavy atom. The summed E-state index contributed by atoms with van der Waals surface area (Å²) in [5, 5.41) is 0.770. The fourth-order valence-electron chi connectivity index (χ4n) is 3.26.